The molecule has 2 N–H and O–H groups in total. The van der Waals surface area contributed by atoms with Crippen molar-refractivity contribution in [1.29, 1.82) is 0 Å². The summed E-state index contributed by atoms with van der Waals surface area (Å²) in [7, 11) is 3.12. The number of nitrogens with zero attached hydrogens (tertiary/aromatic N) is 1. The van der Waals surface area contributed by atoms with E-state index in [0.717, 1.165) is 12.1 Å². The van der Waals surface area contributed by atoms with Gasteiger partial charge in [-0.25, -0.2) is 0 Å². The molecule has 0 fully saturated rings. The molecule has 2 aromatic rings. The zero-order chi connectivity index (χ0) is 19.9. The smallest absolute Gasteiger partial charge is 0.416 e. The Labute approximate surface area is 156 Å². The first-order valence-corrected chi connectivity index (χ1v) is 8.32. The molecule has 5 nitrogen and oxygen atoms in total. The average Bonchev–Trinajstić information content (AvgIpc) is 2.65. The van der Waals surface area contributed by atoms with E-state index in [9.17, 15) is 13.2 Å². The second kappa shape index (κ2) is 9.16. The number of anilines is 1. The molecule has 27 heavy (non-hydrogen) atoms. The van der Waals surface area contributed by atoms with Gasteiger partial charge in [0.15, 0.2) is 17.5 Å². The molecule has 0 bridgehead atoms. The molecule has 0 aliphatic rings. The van der Waals surface area contributed by atoms with Crippen molar-refractivity contribution in [2.45, 2.75) is 19.6 Å². The minimum atomic E-state index is -4.37. The van der Waals surface area contributed by atoms with E-state index in [1.54, 1.807) is 38.4 Å². The molecule has 0 radical (unpaired) electrons. The Balaban J connectivity index is 2.04. The van der Waals surface area contributed by atoms with Gasteiger partial charge in [-0.05, 0) is 36.8 Å². The molecular formula is C19H22F3N3O2. The number of hydrogen-bond acceptors (Lipinski definition) is 3. The topological polar surface area (TPSA) is 54.9 Å². The Hall–Kier alpha value is -2.90. The Bertz CT molecular complexity index is 792. The molecule has 0 aliphatic carbocycles. The molecule has 0 saturated carbocycles. The highest BCUT2D eigenvalue weighted by Crippen LogP contribution is 2.30. The summed E-state index contributed by atoms with van der Waals surface area (Å²) in [4.78, 5) is 4.08. The number of methoxy groups -OCH3 is 1. The molecule has 0 atom stereocenters. The quantitative estimate of drug-likeness (QED) is 0.579. The van der Waals surface area contributed by atoms with Crippen LogP contribution in [0.2, 0.25) is 0 Å². The minimum absolute atomic E-state index is 0.192. The van der Waals surface area contributed by atoms with Gasteiger partial charge in [-0.3, -0.25) is 4.99 Å². The van der Waals surface area contributed by atoms with Gasteiger partial charge < -0.3 is 20.1 Å². The van der Waals surface area contributed by atoms with Crippen LogP contribution >= 0.6 is 0 Å². The molecule has 2 rings (SSSR count). The van der Waals surface area contributed by atoms with Crippen LogP contribution < -0.4 is 20.1 Å². The highest BCUT2D eigenvalue weighted by atomic mass is 19.4. The first-order valence-electron chi connectivity index (χ1n) is 8.32. The standard InChI is InChI=1S/C19H22F3N3O2/c1-4-27-16-9-8-15(11-17(16)26-3)25-18(23-2)24-12-13-6-5-7-14(10-13)19(20,21)22/h5-11H,4,12H2,1-3H3,(H2,23,24,25). The summed E-state index contributed by atoms with van der Waals surface area (Å²) in [5.41, 5.74) is 0.519. The highest BCUT2D eigenvalue weighted by Gasteiger charge is 2.30. The molecule has 2 aromatic carbocycles. The summed E-state index contributed by atoms with van der Waals surface area (Å²) < 4.78 is 49.2. The third-order valence-electron chi connectivity index (χ3n) is 3.66. The van der Waals surface area contributed by atoms with Crippen molar-refractivity contribution in [2.24, 2.45) is 4.99 Å². The maximum Gasteiger partial charge on any atom is 0.416 e. The van der Waals surface area contributed by atoms with Crippen LogP contribution in [-0.2, 0) is 12.7 Å². The number of aliphatic imine (C=N–C) groups is 1. The molecule has 0 heterocycles. The largest absolute Gasteiger partial charge is 0.493 e. The first kappa shape index (κ1) is 20.4. The van der Waals surface area contributed by atoms with Gasteiger partial charge in [0, 0.05) is 25.3 Å². The van der Waals surface area contributed by atoms with Crippen LogP contribution in [0.1, 0.15) is 18.1 Å². The van der Waals surface area contributed by atoms with Crippen molar-refractivity contribution in [3.63, 3.8) is 0 Å². The van der Waals surface area contributed by atoms with Crippen molar-refractivity contribution in [3.05, 3.63) is 53.6 Å². The Morgan fingerprint density at radius 2 is 1.89 bits per heavy atom. The van der Waals surface area contributed by atoms with Crippen molar-refractivity contribution in [1.82, 2.24) is 5.32 Å². The fourth-order valence-corrected chi connectivity index (χ4v) is 2.38. The number of nitrogens with one attached hydrogen (secondary N) is 2. The van der Waals surface area contributed by atoms with Crippen molar-refractivity contribution in [2.75, 3.05) is 26.1 Å². The summed E-state index contributed by atoms with van der Waals surface area (Å²) in [6.07, 6.45) is -4.37. The van der Waals surface area contributed by atoms with Gasteiger partial charge in [0.05, 0.1) is 19.3 Å². The van der Waals surface area contributed by atoms with Crippen LogP contribution in [-0.4, -0.2) is 26.7 Å². The lowest BCUT2D eigenvalue weighted by Gasteiger charge is -2.15. The Morgan fingerprint density at radius 1 is 1.11 bits per heavy atom. The van der Waals surface area contributed by atoms with Gasteiger partial charge in [0.1, 0.15) is 0 Å². The second-order valence-corrected chi connectivity index (χ2v) is 5.55. The van der Waals surface area contributed by atoms with Crippen LogP contribution in [0.25, 0.3) is 0 Å². The number of benzene rings is 2. The molecular weight excluding hydrogens is 359 g/mol. The van der Waals surface area contributed by atoms with Gasteiger partial charge in [0.2, 0.25) is 0 Å². The molecule has 0 saturated heterocycles. The average molecular weight is 381 g/mol. The fourth-order valence-electron chi connectivity index (χ4n) is 2.38. The molecule has 0 aliphatic heterocycles. The molecule has 146 valence electrons. The first-order chi connectivity index (χ1) is 12.9. The van der Waals surface area contributed by atoms with E-state index in [0.29, 0.717) is 35.3 Å². The lowest BCUT2D eigenvalue weighted by atomic mass is 10.1. The maximum atomic E-state index is 12.8. The maximum absolute atomic E-state index is 12.8. The molecule has 0 unspecified atom stereocenters. The van der Waals surface area contributed by atoms with Crippen molar-refractivity contribution in [3.8, 4) is 11.5 Å². The van der Waals surface area contributed by atoms with E-state index in [4.69, 9.17) is 9.47 Å². The molecule has 0 spiro atoms. The fraction of sp³-hybridized carbons (Fsp3) is 0.316. The summed E-state index contributed by atoms with van der Waals surface area (Å²) in [5.74, 6) is 1.60. The predicted molar refractivity (Wildman–Crippen MR) is 99.4 cm³/mol. The number of ether oxygens (including phenoxy) is 2. The van der Waals surface area contributed by atoms with E-state index in [1.807, 2.05) is 6.92 Å². The number of alkyl halides is 3. The predicted octanol–water partition coefficient (Wildman–Crippen LogP) is 4.30. The van der Waals surface area contributed by atoms with Crippen LogP contribution in [0, 0.1) is 0 Å². The second-order valence-electron chi connectivity index (χ2n) is 5.55. The highest BCUT2D eigenvalue weighted by molar-refractivity contribution is 5.93. The monoisotopic (exact) mass is 381 g/mol. The number of halogens is 3. The van der Waals surface area contributed by atoms with E-state index in [2.05, 4.69) is 15.6 Å². The third kappa shape index (κ3) is 5.80. The van der Waals surface area contributed by atoms with Crippen LogP contribution in [0.15, 0.2) is 47.5 Å². The third-order valence-corrected chi connectivity index (χ3v) is 3.66. The Kier molecular flexibility index (Phi) is 6.92. The molecule has 8 heteroatoms. The minimum Gasteiger partial charge on any atom is -0.493 e. The van der Waals surface area contributed by atoms with Gasteiger partial charge >= 0.3 is 6.18 Å². The zero-order valence-corrected chi connectivity index (χ0v) is 15.4. The van der Waals surface area contributed by atoms with Crippen molar-refractivity contribution >= 4 is 11.6 Å². The van der Waals surface area contributed by atoms with Gasteiger partial charge in [0.25, 0.3) is 0 Å². The summed E-state index contributed by atoms with van der Waals surface area (Å²) >= 11 is 0. The van der Waals surface area contributed by atoms with E-state index in [-0.39, 0.29) is 6.54 Å². The lowest BCUT2D eigenvalue weighted by Crippen LogP contribution is -2.30. The van der Waals surface area contributed by atoms with E-state index >= 15 is 0 Å². The van der Waals surface area contributed by atoms with Gasteiger partial charge in [-0.1, -0.05) is 12.1 Å². The van der Waals surface area contributed by atoms with Crippen LogP contribution in [0.5, 0.6) is 11.5 Å². The molecule has 0 amide bonds. The van der Waals surface area contributed by atoms with Gasteiger partial charge in [-0.15, -0.1) is 0 Å². The summed E-state index contributed by atoms with van der Waals surface area (Å²) in [6.45, 7) is 2.59. The van der Waals surface area contributed by atoms with E-state index < -0.39 is 11.7 Å². The SMILES string of the molecule is CCOc1ccc(NC(=NC)NCc2cccc(C(F)(F)F)c2)cc1OC. The summed E-state index contributed by atoms with van der Waals surface area (Å²) in [6, 6.07) is 10.5. The van der Waals surface area contributed by atoms with Crippen molar-refractivity contribution < 1.29 is 22.6 Å². The lowest BCUT2D eigenvalue weighted by molar-refractivity contribution is -0.137. The number of rotatable bonds is 6. The molecule has 0 aromatic heterocycles. The van der Waals surface area contributed by atoms with Crippen LogP contribution in [0.3, 0.4) is 0 Å². The van der Waals surface area contributed by atoms with Gasteiger partial charge in [-0.2, -0.15) is 13.2 Å². The summed E-state index contributed by atoms with van der Waals surface area (Å²) in [5, 5.41) is 6.06. The van der Waals surface area contributed by atoms with E-state index in [1.165, 1.54) is 6.07 Å². The Morgan fingerprint density at radius 3 is 2.52 bits per heavy atom. The zero-order valence-electron chi connectivity index (χ0n) is 15.4. The van der Waals surface area contributed by atoms with Crippen LogP contribution in [0.4, 0.5) is 18.9 Å². The number of hydrogen-bond donors (Lipinski definition) is 2. The normalized spacial score (nSPS) is 11.9. The number of guanidine groups is 1.